The van der Waals surface area contributed by atoms with Gasteiger partial charge >= 0.3 is 0 Å². The molecule has 6 aromatic rings. The number of nitrogens with zero attached hydrogens (tertiary/aromatic N) is 6. The van der Waals surface area contributed by atoms with E-state index >= 15 is 0 Å². The maximum absolute atomic E-state index is 14.8. The second-order valence-electron chi connectivity index (χ2n) is 15.3. The van der Waals surface area contributed by atoms with Crippen molar-refractivity contribution in [1.82, 2.24) is 12.9 Å². The molecule has 1 aliphatic heterocycles. The third-order valence-electron chi connectivity index (χ3n) is 11.3. The lowest BCUT2D eigenvalue weighted by molar-refractivity contribution is -0.385. The number of hydrogen-bond donors (Lipinski definition) is 0. The van der Waals surface area contributed by atoms with Gasteiger partial charge in [0.25, 0.3) is 17.1 Å². The Balaban J connectivity index is 1.37. The smallest absolute Gasteiger partial charge is 0.269 e. The Morgan fingerprint density at radius 3 is 0.985 bits per heavy atom. The monoisotopic (exact) mass is 970 g/mol. The third kappa shape index (κ3) is 10.3. The maximum atomic E-state index is 14.8. The molecule has 22 heteroatoms. The highest BCUT2D eigenvalue weighted by molar-refractivity contribution is 7.89. The lowest BCUT2D eigenvalue weighted by atomic mass is 9.80. The summed E-state index contributed by atoms with van der Waals surface area (Å²) in [6.45, 7) is -3.38. The van der Waals surface area contributed by atoms with E-state index in [1.807, 2.05) is 91.0 Å². The number of non-ortho nitro benzene ring substituents is 3. The van der Waals surface area contributed by atoms with Gasteiger partial charge in [0.15, 0.2) is 0 Å². The number of ether oxygens (including phenoxy) is 1. The first-order valence-corrected chi connectivity index (χ1v) is 24.8. The van der Waals surface area contributed by atoms with Crippen LogP contribution < -0.4 is 0 Å². The van der Waals surface area contributed by atoms with E-state index in [2.05, 4.69) is 0 Å². The van der Waals surface area contributed by atoms with Crippen molar-refractivity contribution in [2.75, 3.05) is 45.9 Å². The van der Waals surface area contributed by atoms with Crippen LogP contribution in [-0.4, -0.2) is 98.8 Å². The van der Waals surface area contributed by atoms with E-state index in [0.717, 1.165) is 85.7 Å². The van der Waals surface area contributed by atoms with E-state index in [-0.39, 0.29) is 16.4 Å². The van der Waals surface area contributed by atoms with Crippen LogP contribution in [0.15, 0.2) is 178 Å². The maximum Gasteiger partial charge on any atom is 0.269 e. The Labute approximate surface area is 386 Å². The molecule has 0 saturated carbocycles. The van der Waals surface area contributed by atoms with Gasteiger partial charge in [-0.05, 0) is 53.1 Å². The molecule has 0 unspecified atom stereocenters. The SMILES string of the molecule is O=[N+]([O-])c1ccc(S(=O)(=O)N2CCN(S(=O)(=O)c3ccc([N+](=O)[O-])cc3)CC(COC(c3ccccc3)(c3ccccc3)c3ccccc3)CN(S(=O)(=O)c3ccc([N+](=O)[O-])cc3)CC2)cc1. The van der Waals surface area contributed by atoms with Crippen molar-refractivity contribution in [1.29, 1.82) is 0 Å². The molecule has 0 N–H and O–H groups in total. The number of benzene rings is 6. The summed E-state index contributed by atoms with van der Waals surface area (Å²) in [7, 11) is -13.9. The average molecular weight is 971 g/mol. The first kappa shape index (κ1) is 48.2. The average Bonchev–Trinajstić information content (AvgIpc) is 3.34. The molecule has 0 aromatic heterocycles. The van der Waals surface area contributed by atoms with Gasteiger partial charge in [-0.25, -0.2) is 25.3 Å². The summed E-state index contributed by atoms with van der Waals surface area (Å²) in [5, 5.41) is 34.5. The molecule has 0 aliphatic carbocycles. The van der Waals surface area contributed by atoms with Gasteiger partial charge in [0.2, 0.25) is 30.1 Å². The van der Waals surface area contributed by atoms with Gasteiger partial charge in [0, 0.05) is 81.6 Å². The van der Waals surface area contributed by atoms with Gasteiger partial charge in [0.05, 0.1) is 36.1 Å². The molecule has 6 aromatic carbocycles. The minimum atomic E-state index is -4.66. The van der Waals surface area contributed by atoms with Crippen LogP contribution in [0.5, 0.6) is 0 Å². The first-order valence-electron chi connectivity index (χ1n) is 20.5. The molecule has 0 radical (unpaired) electrons. The van der Waals surface area contributed by atoms with Crippen LogP contribution in [0.2, 0.25) is 0 Å². The molecule has 19 nitrogen and oxygen atoms in total. The van der Waals surface area contributed by atoms with Crippen LogP contribution in [0.4, 0.5) is 17.1 Å². The van der Waals surface area contributed by atoms with E-state index in [0.29, 0.717) is 16.7 Å². The molecule has 67 heavy (non-hydrogen) atoms. The van der Waals surface area contributed by atoms with Crippen molar-refractivity contribution in [2.45, 2.75) is 20.3 Å². The number of sulfonamides is 3. The van der Waals surface area contributed by atoms with Gasteiger partial charge in [-0.15, -0.1) is 0 Å². The minimum absolute atomic E-state index is 0.317. The summed E-state index contributed by atoms with van der Waals surface area (Å²) in [5.74, 6) is -1.03. The highest BCUT2D eigenvalue weighted by Crippen LogP contribution is 2.41. The Morgan fingerprint density at radius 1 is 0.433 bits per heavy atom. The van der Waals surface area contributed by atoms with Gasteiger partial charge in [-0.1, -0.05) is 91.0 Å². The van der Waals surface area contributed by atoms with E-state index in [4.69, 9.17) is 4.74 Å². The van der Waals surface area contributed by atoms with Crippen LogP contribution in [-0.2, 0) is 40.4 Å². The summed E-state index contributed by atoms with van der Waals surface area (Å²) >= 11 is 0. The Morgan fingerprint density at radius 2 is 0.701 bits per heavy atom. The van der Waals surface area contributed by atoms with E-state index < -0.39 is 118 Å². The molecular weight excluding hydrogens is 929 g/mol. The second-order valence-corrected chi connectivity index (χ2v) is 21.2. The van der Waals surface area contributed by atoms with E-state index in [1.165, 1.54) is 0 Å². The molecule has 1 fully saturated rings. The van der Waals surface area contributed by atoms with Crippen molar-refractivity contribution in [3.63, 3.8) is 0 Å². The fraction of sp³-hybridized carbons (Fsp3) is 0.200. The molecule has 348 valence electrons. The lowest BCUT2D eigenvalue weighted by Crippen LogP contribution is -2.51. The predicted octanol–water partition coefficient (Wildman–Crippen LogP) is 6.42. The second kappa shape index (κ2) is 20.0. The van der Waals surface area contributed by atoms with Crippen molar-refractivity contribution in [2.24, 2.45) is 5.92 Å². The quantitative estimate of drug-likeness (QED) is 0.0613. The summed E-state index contributed by atoms with van der Waals surface area (Å²) in [5.41, 5.74) is -0.487. The molecule has 0 spiro atoms. The molecule has 1 saturated heterocycles. The zero-order valence-electron chi connectivity index (χ0n) is 35.3. The number of nitro groups is 3. The van der Waals surface area contributed by atoms with Crippen molar-refractivity contribution >= 4 is 47.1 Å². The van der Waals surface area contributed by atoms with Crippen molar-refractivity contribution in [3.05, 3.63) is 211 Å². The molecule has 1 heterocycles. The normalized spacial score (nSPS) is 15.4. The van der Waals surface area contributed by atoms with Crippen LogP contribution in [0.1, 0.15) is 16.7 Å². The van der Waals surface area contributed by atoms with Crippen LogP contribution in [0, 0.1) is 36.3 Å². The summed E-state index contributed by atoms with van der Waals surface area (Å²) in [4.78, 5) is 31.2. The Kier molecular flexibility index (Phi) is 14.4. The molecule has 0 bridgehead atoms. The van der Waals surface area contributed by atoms with Crippen molar-refractivity contribution in [3.8, 4) is 0 Å². The zero-order chi connectivity index (χ0) is 48.0. The molecule has 0 amide bonds. The summed E-state index contributed by atoms with van der Waals surface area (Å²) in [6, 6.07) is 39.8. The highest BCUT2D eigenvalue weighted by atomic mass is 32.2. The van der Waals surface area contributed by atoms with Gasteiger partial charge in [0.1, 0.15) is 5.60 Å². The van der Waals surface area contributed by atoms with Gasteiger partial charge in [-0.3, -0.25) is 30.3 Å². The van der Waals surface area contributed by atoms with Crippen LogP contribution in [0.3, 0.4) is 0 Å². The van der Waals surface area contributed by atoms with Crippen LogP contribution in [0.25, 0.3) is 0 Å². The van der Waals surface area contributed by atoms with Crippen LogP contribution >= 0.6 is 0 Å². The van der Waals surface area contributed by atoms with Gasteiger partial charge < -0.3 is 4.74 Å². The fourth-order valence-electron chi connectivity index (χ4n) is 7.83. The van der Waals surface area contributed by atoms with Crippen molar-refractivity contribution < 1.29 is 44.8 Å². The molecule has 7 rings (SSSR count). The van der Waals surface area contributed by atoms with E-state index in [9.17, 15) is 55.6 Å². The standard InChI is InChI=1S/C45H42N6O13S3/c52-49(53)39-16-22-42(23-17-39)65(58,59)46-28-30-47(66(60,61)43-24-18-40(19-25-43)50(54)55)32-35(33-48(31-29-46)67(62,63)44-26-20-41(21-27-44)51(56)57)34-64-45(36-10-4-1-5-11-36,37-12-6-2-7-13-37)38-14-8-3-9-15-38/h1-27,35H,28-34H2. The number of hydrogen-bond acceptors (Lipinski definition) is 13. The Hall–Kier alpha value is -6.79. The highest BCUT2D eigenvalue weighted by Gasteiger charge is 2.41. The summed E-state index contributed by atoms with van der Waals surface area (Å²) < 4.78 is 97.6. The largest absolute Gasteiger partial charge is 0.360 e. The third-order valence-corrected chi connectivity index (χ3v) is 16.9. The fourth-order valence-corrected chi connectivity index (χ4v) is 12.3. The first-order chi connectivity index (χ1) is 31.9. The molecule has 1 aliphatic rings. The Bertz CT molecular complexity index is 2860. The van der Waals surface area contributed by atoms with E-state index in [1.54, 1.807) is 0 Å². The molecular formula is C45H42N6O13S3. The van der Waals surface area contributed by atoms with Gasteiger partial charge in [-0.2, -0.15) is 12.9 Å². The number of rotatable bonds is 15. The predicted molar refractivity (Wildman–Crippen MR) is 244 cm³/mol. The topological polar surface area (TPSA) is 251 Å². The molecule has 0 atom stereocenters. The summed E-state index contributed by atoms with van der Waals surface area (Å²) in [6.07, 6.45) is 0. The minimum Gasteiger partial charge on any atom is -0.360 e. The lowest BCUT2D eigenvalue weighted by Gasteiger charge is -2.39. The number of nitro benzene ring substituents is 3. The zero-order valence-corrected chi connectivity index (χ0v) is 37.8.